The number of carbonyl (C=O) groups excluding carboxylic acids is 1. The van der Waals surface area contributed by atoms with Crippen LogP contribution in [0.2, 0.25) is 0 Å². The predicted molar refractivity (Wildman–Crippen MR) is 182 cm³/mol. The van der Waals surface area contributed by atoms with Gasteiger partial charge in [0.2, 0.25) is 0 Å². The summed E-state index contributed by atoms with van der Waals surface area (Å²) >= 11 is 0. The largest absolute Gasteiger partial charge is 0.457 e. The van der Waals surface area contributed by atoms with Crippen molar-refractivity contribution in [3.63, 3.8) is 0 Å². The smallest absolute Gasteiger partial charge is 0.303 e. The van der Waals surface area contributed by atoms with Crippen LogP contribution in [0.25, 0.3) is 0 Å². The fourth-order valence-corrected chi connectivity index (χ4v) is 13.5. The Kier molecular flexibility index (Phi) is 9.76. The molecule has 0 radical (unpaired) electrons. The van der Waals surface area contributed by atoms with Crippen LogP contribution in [0, 0.1) is 50.7 Å². The van der Waals surface area contributed by atoms with E-state index in [0.29, 0.717) is 49.3 Å². The Balaban J connectivity index is 1.19. The maximum absolute atomic E-state index is 13.1. The number of morpholine rings is 1. The second kappa shape index (κ2) is 12.7. The average Bonchev–Trinajstić information content (AvgIpc) is 3.63. The molecule has 0 aromatic rings. The molecule has 5 aliphatic carbocycles. The number of aliphatic hydroxyl groups excluding tert-OH is 1. The molecule has 276 valence electrons. The Morgan fingerprint density at radius 3 is 2.42 bits per heavy atom. The maximum atomic E-state index is 13.1. The van der Waals surface area contributed by atoms with Crippen LogP contribution < -0.4 is 0 Å². The van der Waals surface area contributed by atoms with Crippen LogP contribution in [0.1, 0.15) is 113 Å². The quantitative estimate of drug-likeness (QED) is 0.251. The van der Waals surface area contributed by atoms with Crippen LogP contribution in [0.15, 0.2) is 0 Å². The summed E-state index contributed by atoms with van der Waals surface area (Å²) in [6, 6.07) is 0. The molecule has 2 spiro atoms. The maximum Gasteiger partial charge on any atom is 0.303 e. The lowest BCUT2D eigenvalue weighted by atomic mass is 9.41. The molecule has 1 aliphatic heterocycles. The third-order valence-corrected chi connectivity index (χ3v) is 15.9. The number of hydrogen-bond donors (Lipinski definition) is 2. The highest BCUT2D eigenvalue weighted by atomic mass is 19.1. The van der Waals surface area contributed by atoms with E-state index in [4.69, 9.17) is 18.9 Å². The van der Waals surface area contributed by atoms with Crippen LogP contribution >= 0.6 is 0 Å². The Morgan fingerprint density at radius 2 is 1.77 bits per heavy atom. The van der Waals surface area contributed by atoms with E-state index in [9.17, 15) is 19.4 Å². The van der Waals surface area contributed by atoms with Crippen molar-refractivity contribution in [2.75, 3.05) is 40.0 Å². The van der Waals surface area contributed by atoms with Crippen LogP contribution in [-0.2, 0) is 23.7 Å². The lowest BCUT2D eigenvalue weighted by Crippen LogP contribution is -2.60. The van der Waals surface area contributed by atoms with Crippen molar-refractivity contribution < 1.29 is 38.3 Å². The van der Waals surface area contributed by atoms with E-state index in [-0.39, 0.29) is 52.8 Å². The van der Waals surface area contributed by atoms with Crippen molar-refractivity contribution in [3.05, 3.63) is 0 Å². The number of methoxy groups -OCH3 is 1. The zero-order valence-electron chi connectivity index (χ0n) is 31.4. The topological polar surface area (TPSA) is 97.7 Å². The van der Waals surface area contributed by atoms with Crippen molar-refractivity contribution in [1.29, 1.82) is 0 Å². The van der Waals surface area contributed by atoms with Gasteiger partial charge in [-0.1, -0.05) is 34.6 Å². The third-order valence-electron chi connectivity index (χ3n) is 15.9. The lowest BCUT2D eigenvalue weighted by Gasteiger charge is -2.64. The molecule has 9 heteroatoms. The van der Waals surface area contributed by atoms with Crippen molar-refractivity contribution in [1.82, 2.24) is 4.90 Å². The van der Waals surface area contributed by atoms with Gasteiger partial charge in [0.25, 0.3) is 0 Å². The number of aliphatic hydroxyl groups is 2. The Labute approximate surface area is 289 Å². The highest BCUT2D eigenvalue weighted by Crippen LogP contribution is 2.89. The monoisotopic (exact) mass is 679 g/mol. The average molecular weight is 680 g/mol. The van der Waals surface area contributed by atoms with Crippen molar-refractivity contribution in [2.24, 2.45) is 50.7 Å². The first kappa shape index (κ1) is 36.9. The summed E-state index contributed by atoms with van der Waals surface area (Å²) in [5, 5.41) is 23.1. The molecule has 1 heterocycles. The fourth-order valence-electron chi connectivity index (χ4n) is 13.5. The number of nitrogens with zero attached hydrogens (tertiary/aromatic N) is 1. The van der Waals surface area contributed by atoms with Crippen molar-refractivity contribution >= 4 is 5.97 Å². The zero-order chi connectivity index (χ0) is 35.1. The zero-order valence-corrected chi connectivity index (χ0v) is 31.4. The summed E-state index contributed by atoms with van der Waals surface area (Å²) in [6.45, 7) is 18.8. The van der Waals surface area contributed by atoms with E-state index in [1.807, 2.05) is 0 Å². The summed E-state index contributed by atoms with van der Waals surface area (Å²) in [4.78, 5) is 14.1. The van der Waals surface area contributed by atoms with Gasteiger partial charge in [0.05, 0.1) is 30.5 Å². The van der Waals surface area contributed by atoms with Gasteiger partial charge >= 0.3 is 5.97 Å². The van der Waals surface area contributed by atoms with E-state index in [0.717, 1.165) is 32.2 Å². The molecule has 8 nitrogen and oxygen atoms in total. The molecule has 0 aromatic carbocycles. The first-order valence-electron chi connectivity index (χ1n) is 19.1. The van der Waals surface area contributed by atoms with Gasteiger partial charge in [-0.3, -0.25) is 9.69 Å². The summed E-state index contributed by atoms with van der Waals surface area (Å²) in [7, 11) is 1.63. The first-order valence-corrected chi connectivity index (χ1v) is 19.1. The number of fused-ring (bicyclic) bond motifs is 2. The summed E-state index contributed by atoms with van der Waals surface area (Å²) in [5.74, 6) is 1.15. The van der Waals surface area contributed by atoms with Gasteiger partial charge in [-0.2, -0.15) is 0 Å². The second-order valence-electron chi connectivity index (χ2n) is 18.7. The van der Waals surface area contributed by atoms with Crippen LogP contribution in [0.5, 0.6) is 0 Å². The highest BCUT2D eigenvalue weighted by molar-refractivity contribution is 5.66. The summed E-state index contributed by atoms with van der Waals surface area (Å²) < 4.78 is 37.4. The van der Waals surface area contributed by atoms with Gasteiger partial charge in [-0.05, 0) is 117 Å². The number of hydrogen-bond acceptors (Lipinski definition) is 8. The Morgan fingerprint density at radius 1 is 1.08 bits per heavy atom. The normalized spacial score (nSPS) is 45.6. The standard InChI is InChI=1S/C39H66FNO7/c1-24(20-27(45-9)33(35(5,6)44)47-25(2)42)26-21-30(43)37(8)29-11-10-28-34(3,4)31(48-32-22-41(17-16-40)18-19-46-32)12-13-38(28)23-39(29,38)15-14-36(26,37)7/h24,26-33,43-44H,10-23H2,1-9H3/t24-,26?,27?,28+,29?,30+,31?,32?,33?,36?,37-,38?,39?/m1/s1. The molecule has 0 amide bonds. The third kappa shape index (κ3) is 5.53. The molecular formula is C39H66FNO7. The van der Waals surface area contributed by atoms with Crippen molar-refractivity contribution in [3.8, 4) is 0 Å². The molecular weight excluding hydrogens is 613 g/mol. The van der Waals surface area contributed by atoms with Crippen LogP contribution in [-0.4, -0.2) is 97.4 Å². The minimum Gasteiger partial charge on any atom is -0.457 e. The molecule has 1 saturated heterocycles. The molecule has 6 aliphatic rings. The Hall–Kier alpha value is -0.840. The molecule has 13 atom stereocenters. The van der Waals surface area contributed by atoms with Gasteiger partial charge in [0.1, 0.15) is 6.67 Å². The molecule has 2 N–H and O–H groups in total. The van der Waals surface area contributed by atoms with Gasteiger partial charge in [0.15, 0.2) is 12.4 Å². The van der Waals surface area contributed by atoms with E-state index in [2.05, 4.69) is 39.5 Å². The number of alkyl halides is 1. The summed E-state index contributed by atoms with van der Waals surface area (Å²) in [5.41, 5.74) is -0.846. The first-order chi connectivity index (χ1) is 22.4. The molecule has 0 aromatic heterocycles. The van der Waals surface area contributed by atoms with Gasteiger partial charge in [0, 0.05) is 39.1 Å². The van der Waals surface area contributed by atoms with Gasteiger partial charge < -0.3 is 29.2 Å². The molecule has 5 saturated carbocycles. The number of halogens is 1. The number of rotatable bonds is 11. The van der Waals surface area contributed by atoms with Crippen LogP contribution in [0.4, 0.5) is 4.39 Å². The molecule has 6 rings (SSSR count). The van der Waals surface area contributed by atoms with Gasteiger partial charge in [-0.15, -0.1) is 0 Å². The second-order valence-corrected chi connectivity index (χ2v) is 18.7. The van der Waals surface area contributed by atoms with E-state index >= 15 is 0 Å². The SMILES string of the molecule is COC(C[C@@H](C)C1C[C@H](O)[C@@]2(C)C3CC[C@H]4C(C)(C)C(OC5CN(CCF)CCO5)CCC45CC35CCC12C)C(OC(C)=O)C(C)(C)O. The molecule has 48 heavy (non-hydrogen) atoms. The summed E-state index contributed by atoms with van der Waals surface area (Å²) in [6.07, 6.45) is 7.78. The molecule has 0 bridgehead atoms. The van der Waals surface area contributed by atoms with E-state index < -0.39 is 23.8 Å². The highest BCUT2D eigenvalue weighted by Gasteiger charge is 2.83. The van der Waals surface area contributed by atoms with Gasteiger partial charge in [-0.25, -0.2) is 4.39 Å². The van der Waals surface area contributed by atoms with Crippen molar-refractivity contribution in [2.45, 2.75) is 149 Å². The molecule has 9 unspecified atom stereocenters. The minimum atomic E-state index is -1.24. The Bertz CT molecular complexity index is 1190. The fraction of sp³-hybridized carbons (Fsp3) is 0.974. The number of esters is 1. The lowest BCUT2D eigenvalue weighted by molar-refractivity contribution is -0.249. The van der Waals surface area contributed by atoms with Crippen LogP contribution in [0.3, 0.4) is 0 Å². The predicted octanol–water partition coefficient (Wildman–Crippen LogP) is 6.15. The minimum absolute atomic E-state index is 0.0135. The van der Waals surface area contributed by atoms with E-state index in [1.165, 1.54) is 32.6 Å². The number of ether oxygens (including phenoxy) is 4. The molecule has 6 fully saturated rings. The number of carbonyl (C=O) groups is 1. The van der Waals surface area contributed by atoms with E-state index in [1.54, 1.807) is 21.0 Å².